The highest BCUT2D eigenvalue weighted by atomic mass is 35.5. The highest BCUT2D eigenvalue weighted by Gasteiger charge is 2.20. The molecular formula is C14H20ClNO3S. The van der Waals surface area contributed by atoms with E-state index in [1.165, 1.54) is 11.8 Å². The van der Waals surface area contributed by atoms with Gasteiger partial charge in [-0.15, -0.1) is 11.8 Å². The second-order valence-corrected chi connectivity index (χ2v) is 6.24. The lowest BCUT2D eigenvalue weighted by Crippen LogP contribution is -2.41. The molecule has 6 heteroatoms. The number of benzene rings is 1. The van der Waals surface area contributed by atoms with Crippen molar-refractivity contribution in [3.8, 4) is 0 Å². The molecule has 1 atom stereocenters. The zero-order valence-electron chi connectivity index (χ0n) is 11.7. The van der Waals surface area contributed by atoms with Crippen LogP contribution in [0, 0.1) is 0 Å². The third-order valence-corrected chi connectivity index (χ3v) is 3.96. The molecule has 1 aromatic carbocycles. The van der Waals surface area contributed by atoms with Crippen LogP contribution in [0.3, 0.4) is 0 Å². The predicted molar refractivity (Wildman–Crippen MR) is 82.3 cm³/mol. The largest absolute Gasteiger partial charge is 0.388 e. The molecule has 1 rings (SSSR count). The van der Waals surface area contributed by atoms with E-state index in [1.807, 2.05) is 12.1 Å². The van der Waals surface area contributed by atoms with Gasteiger partial charge in [-0.2, -0.15) is 0 Å². The van der Waals surface area contributed by atoms with Crippen LogP contribution in [0.1, 0.15) is 13.3 Å². The van der Waals surface area contributed by atoms with E-state index >= 15 is 0 Å². The van der Waals surface area contributed by atoms with Gasteiger partial charge in [-0.3, -0.25) is 4.79 Å². The Morgan fingerprint density at radius 2 is 2.10 bits per heavy atom. The highest BCUT2D eigenvalue weighted by molar-refractivity contribution is 8.00. The van der Waals surface area contributed by atoms with Crippen LogP contribution in [-0.2, 0) is 9.53 Å². The molecule has 20 heavy (non-hydrogen) atoms. The van der Waals surface area contributed by atoms with Crippen LogP contribution < -0.4 is 5.32 Å². The van der Waals surface area contributed by atoms with Crippen molar-refractivity contribution in [2.45, 2.75) is 23.8 Å². The van der Waals surface area contributed by atoms with Crippen molar-refractivity contribution in [3.05, 3.63) is 29.3 Å². The molecule has 1 amide bonds. The lowest BCUT2D eigenvalue weighted by molar-refractivity contribution is -0.119. The van der Waals surface area contributed by atoms with E-state index < -0.39 is 5.60 Å². The van der Waals surface area contributed by atoms with E-state index in [0.29, 0.717) is 23.8 Å². The monoisotopic (exact) mass is 317 g/mol. The molecule has 0 aliphatic carbocycles. The maximum Gasteiger partial charge on any atom is 0.230 e. The van der Waals surface area contributed by atoms with Crippen molar-refractivity contribution in [2.75, 3.05) is 26.0 Å². The Bertz CT molecular complexity index is 423. The number of ether oxygens (including phenoxy) is 1. The van der Waals surface area contributed by atoms with Gasteiger partial charge < -0.3 is 15.2 Å². The lowest BCUT2D eigenvalue weighted by Gasteiger charge is -2.23. The molecule has 0 aliphatic heterocycles. The number of hydrogen-bond donors (Lipinski definition) is 2. The normalized spacial score (nSPS) is 13.8. The Balaban J connectivity index is 2.28. The first kappa shape index (κ1) is 17.3. The van der Waals surface area contributed by atoms with Gasteiger partial charge in [-0.1, -0.05) is 11.6 Å². The van der Waals surface area contributed by atoms with Crippen LogP contribution in [0.4, 0.5) is 0 Å². The quantitative estimate of drug-likeness (QED) is 0.723. The number of rotatable bonds is 8. The van der Waals surface area contributed by atoms with Crippen LogP contribution in [0.2, 0.25) is 5.02 Å². The number of thioether (sulfide) groups is 1. The van der Waals surface area contributed by atoms with Crippen LogP contribution in [-0.4, -0.2) is 42.6 Å². The van der Waals surface area contributed by atoms with Crippen molar-refractivity contribution in [1.29, 1.82) is 0 Å². The number of halogens is 1. The number of carbonyl (C=O) groups excluding carboxylic acids is 1. The van der Waals surface area contributed by atoms with Crippen molar-refractivity contribution >= 4 is 29.3 Å². The first-order chi connectivity index (χ1) is 9.43. The maximum atomic E-state index is 11.7. The van der Waals surface area contributed by atoms with Crippen LogP contribution >= 0.6 is 23.4 Å². The summed E-state index contributed by atoms with van der Waals surface area (Å²) in [5, 5.41) is 13.4. The van der Waals surface area contributed by atoms with Gasteiger partial charge in [0.2, 0.25) is 5.91 Å². The number of nitrogens with one attached hydrogen (secondary N) is 1. The Labute approximate surface area is 128 Å². The summed E-state index contributed by atoms with van der Waals surface area (Å²) >= 11 is 7.22. The fourth-order valence-corrected chi connectivity index (χ4v) is 2.28. The van der Waals surface area contributed by atoms with E-state index in [4.69, 9.17) is 16.3 Å². The van der Waals surface area contributed by atoms with Gasteiger partial charge in [0.15, 0.2) is 0 Å². The third kappa shape index (κ3) is 7.14. The van der Waals surface area contributed by atoms with Crippen molar-refractivity contribution in [3.63, 3.8) is 0 Å². The van der Waals surface area contributed by atoms with Crippen molar-refractivity contribution < 1.29 is 14.6 Å². The van der Waals surface area contributed by atoms with E-state index in [1.54, 1.807) is 26.2 Å². The molecule has 4 nitrogen and oxygen atoms in total. The molecule has 112 valence electrons. The predicted octanol–water partition coefficient (Wildman–Crippen LogP) is 2.34. The van der Waals surface area contributed by atoms with Crippen molar-refractivity contribution in [2.24, 2.45) is 0 Å². The summed E-state index contributed by atoms with van der Waals surface area (Å²) in [5.74, 6) is 0.199. The minimum atomic E-state index is -0.948. The second-order valence-electron chi connectivity index (χ2n) is 4.76. The van der Waals surface area contributed by atoms with Crippen LogP contribution in [0.25, 0.3) is 0 Å². The fourth-order valence-electron chi connectivity index (χ4n) is 1.43. The summed E-state index contributed by atoms with van der Waals surface area (Å²) in [6.45, 7) is 2.36. The molecule has 1 aromatic rings. The molecule has 0 radical (unpaired) electrons. The molecule has 0 heterocycles. The van der Waals surface area contributed by atoms with Crippen molar-refractivity contribution in [1.82, 2.24) is 5.32 Å². The maximum absolute atomic E-state index is 11.7. The molecule has 0 aromatic heterocycles. The van der Waals surface area contributed by atoms with E-state index in [9.17, 15) is 9.90 Å². The number of methoxy groups -OCH3 is 1. The lowest BCUT2D eigenvalue weighted by atomic mass is 10.0. The fraction of sp³-hybridized carbons (Fsp3) is 0.500. The van der Waals surface area contributed by atoms with Gasteiger partial charge in [0.1, 0.15) is 0 Å². The Morgan fingerprint density at radius 1 is 1.45 bits per heavy atom. The third-order valence-electron chi connectivity index (χ3n) is 2.69. The molecule has 0 bridgehead atoms. The SMILES string of the molecule is COCCC(C)(O)CNC(=O)CSc1ccc(Cl)cc1. The summed E-state index contributed by atoms with van der Waals surface area (Å²) < 4.78 is 4.91. The number of amides is 1. The van der Waals surface area contributed by atoms with Gasteiger partial charge >= 0.3 is 0 Å². The van der Waals surface area contributed by atoms with E-state index in [2.05, 4.69) is 5.32 Å². The number of aliphatic hydroxyl groups is 1. The first-order valence-electron chi connectivity index (χ1n) is 6.29. The Hall–Kier alpha value is -0.750. The molecule has 0 saturated heterocycles. The minimum Gasteiger partial charge on any atom is -0.388 e. The second kappa shape index (κ2) is 8.52. The minimum absolute atomic E-state index is 0.109. The molecule has 0 saturated carbocycles. The van der Waals surface area contributed by atoms with E-state index in [0.717, 1.165) is 4.90 Å². The van der Waals surface area contributed by atoms with Gasteiger partial charge in [0, 0.05) is 36.6 Å². The average molecular weight is 318 g/mol. The van der Waals surface area contributed by atoms with E-state index in [-0.39, 0.29) is 12.5 Å². The smallest absolute Gasteiger partial charge is 0.230 e. The zero-order chi connectivity index (χ0) is 15.0. The summed E-state index contributed by atoms with van der Waals surface area (Å²) in [7, 11) is 1.58. The molecule has 2 N–H and O–H groups in total. The van der Waals surface area contributed by atoms with Crippen LogP contribution in [0.15, 0.2) is 29.2 Å². The average Bonchev–Trinajstić information content (AvgIpc) is 2.42. The Kier molecular flexibility index (Phi) is 7.37. The summed E-state index contributed by atoms with van der Waals surface area (Å²) in [4.78, 5) is 12.7. The van der Waals surface area contributed by atoms with Gasteiger partial charge in [-0.25, -0.2) is 0 Å². The van der Waals surface area contributed by atoms with Gasteiger partial charge in [0.25, 0.3) is 0 Å². The number of carbonyl (C=O) groups is 1. The first-order valence-corrected chi connectivity index (χ1v) is 7.66. The van der Waals surface area contributed by atoms with Gasteiger partial charge in [0.05, 0.1) is 11.4 Å². The van der Waals surface area contributed by atoms with Gasteiger partial charge in [-0.05, 0) is 31.2 Å². The zero-order valence-corrected chi connectivity index (χ0v) is 13.3. The topological polar surface area (TPSA) is 58.6 Å². The number of hydrogen-bond acceptors (Lipinski definition) is 4. The highest BCUT2D eigenvalue weighted by Crippen LogP contribution is 2.20. The molecule has 1 unspecified atom stereocenters. The summed E-state index contributed by atoms with van der Waals surface area (Å²) in [6.07, 6.45) is 0.480. The molecule has 0 fully saturated rings. The molecule has 0 aliphatic rings. The Morgan fingerprint density at radius 3 is 2.70 bits per heavy atom. The summed E-state index contributed by atoms with van der Waals surface area (Å²) in [6, 6.07) is 7.32. The molecular weight excluding hydrogens is 298 g/mol. The van der Waals surface area contributed by atoms with Crippen LogP contribution in [0.5, 0.6) is 0 Å². The molecule has 0 spiro atoms. The summed E-state index contributed by atoms with van der Waals surface area (Å²) in [5.41, 5.74) is -0.948. The standard InChI is InChI=1S/C14H20ClNO3S/c1-14(18,7-8-19-2)10-16-13(17)9-20-12-5-3-11(15)4-6-12/h3-6,18H,7-10H2,1-2H3,(H,16,17).